The maximum absolute atomic E-state index is 4.61. The van der Waals surface area contributed by atoms with Gasteiger partial charge in [-0.3, -0.25) is 4.99 Å². The van der Waals surface area contributed by atoms with Crippen molar-refractivity contribution in [3.8, 4) is 0 Å². The molecule has 1 aliphatic heterocycles. The van der Waals surface area contributed by atoms with E-state index in [0.717, 1.165) is 13.1 Å². The molecule has 0 saturated heterocycles. The van der Waals surface area contributed by atoms with Gasteiger partial charge in [-0.25, -0.2) is 0 Å². The van der Waals surface area contributed by atoms with Gasteiger partial charge in [-0.1, -0.05) is 39.0 Å². The lowest BCUT2D eigenvalue weighted by Gasteiger charge is -2.29. The SMILES string of the molecule is CC(C)(C)C1=NCCN1c1ccccc1. The molecule has 0 saturated carbocycles. The van der Waals surface area contributed by atoms with E-state index in [1.807, 2.05) is 6.07 Å². The zero-order chi connectivity index (χ0) is 10.9. The predicted molar refractivity (Wildman–Crippen MR) is 65.5 cm³/mol. The number of para-hydroxylation sites is 1. The smallest absolute Gasteiger partial charge is 0.109 e. The van der Waals surface area contributed by atoms with E-state index in [2.05, 4.69) is 54.9 Å². The van der Waals surface area contributed by atoms with Gasteiger partial charge >= 0.3 is 0 Å². The molecule has 0 amide bonds. The summed E-state index contributed by atoms with van der Waals surface area (Å²) in [4.78, 5) is 6.93. The molecule has 0 unspecified atom stereocenters. The van der Waals surface area contributed by atoms with Crippen molar-refractivity contribution in [1.82, 2.24) is 0 Å². The van der Waals surface area contributed by atoms with Gasteiger partial charge in [0.15, 0.2) is 0 Å². The van der Waals surface area contributed by atoms with Crippen LogP contribution in [0.3, 0.4) is 0 Å². The van der Waals surface area contributed by atoms with Gasteiger partial charge in [0.05, 0.1) is 6.54 Å². The van der Waals surface area contributed by atoms with Crippen LogP contribution in [0.1, 0.15) is 20.8 Å². The monoisotopic (exact) mass is 202 g/mol. The quantitative estimate of drug-likeness (QED) is 0.683. The average Bonchev–Trinajstić information content (AvgIpc) is 2.67. The van der Waals surface area contributed by atoms with E-state index in [1.54, 1.807) is 0 Å². The van der Waals surface area contributed by atoms with Gasteiger partial charge in [-0.2, -0.15) is 0 Å². The molecule has 1 aromatic carbocycles. The second-order valence-corrected chi connectivity index (χ2v) is 4.94. The summed E-state index contributed by atoms with van der Waals surface area (Å²) in [5.41, 5.74) is 1.38. The van der Waals surface area contributed by atoms with Crippen molar-refractivity contribution < 1.29 is 0 Å². The maximum atomic E-state index is 4.61. The van der Waals surface area contributed by atoms with Crippen molar-refractivity contribution in [2.75, 3.05) is 18.0 Å². The summed E-state index contributed by atoms with van der Waals surface area (Å²) < 4.78 is 0. The zero-order valence-electron chi connectivity index (χ0n) is 9.70. The molecule has 2 heteroatoms. The van der Waals surface area contributed by atoms with E-state index in [0.29, 0.717) is 0 Å². The molecule has 1 heterocycles. The normalized spacial score (nSPS) is 16.7. The van der Waals surface area contributed by atoms with Crippen LogP contribution >= 0.6 is 0 Å². The molecule has 15 heavy (non-hydrogen) atoms. The molecule has 0 atom stereocenters. The van der Waals surface area contributed by atoms with Crippen molar-refractivity contribution >= 4 is 11.5 Å². The topological polar surface area (TPSA) is 15.6 Å². The number of anilines is 1. The Balaban J connectivity index is 2.29. The van der Waals surface area contributed by atoms with Crippen molar-refractivity contribution in [2.24, 2.45) is 10.4 Å². The first-order valence-corrected chi connectivity index (χ1v) is 5.46. The number of aliphatic imine (C=N–C) groups is 1. The summed E-state index contributed by atoms with van der Waals surface area (Å²) in [6.07, 6.45) is 0. The summed E-state index contributed by atoms with van der Waals surface area (Å²) in [6.45, 7) is 8.57. The summed E-state index contributed by atoms with van der Waals surface area (Å²) in [6, 6.07) is 10.5. The highest BCUT2D eigenvalue weighted by Gasteiger charge is 2.28. The van der Waals surface area contributed by atoms with Crippen LogP contribution in [0.15, 0.2) is 35.3 Å². The second kappa shape index (κ2) is 3.69. The lowest BCUT2D eigenvalue weighted by Crippen LogP contribution is -2.36. The lowest BCUT2D eigenvalue weighted by molar-refractivity contribution is 0.583. The third-order valence-corrected chi connectivity index (χ3v) is 2.58. The molecular formula is C13H18N2. The molecule has 0 aliphatic carbocycles. The maximum Gasteiger partial charge on any atom is 0.109 e. The van der Waals surface area contributed by atoms with Gasteiger partial charge in [0.1, 0.15) is 5.84 Å². The van der Waals surface area contributed by atoms with Crippen molar-refractivity contribution in [1.29, 1.82) is 0 Å². The fraction of sp³-hybridized carbons (Fsp3) is 0.462. The number of benzene rings is 1. The molecule has 0 aromatic heterocycles. The van der Waals surface area contributed by atoms with Crippen LogP contribution < -0.4 is 4.90 Å². The van der Waals surface area contributed by atoms with Gasteiger partial charge < -0.3 is 4.90 Å². The highest BCUT2D eigenvalue weighted by atomic mass is 15.2. The Bertz CT molecular complexity index is 360. The van der Waals surface area contributed by atoms with Gasteiger partial charge in [0.25, 0.3) is 0 Å². The first-order chi connectivity index (χ1) is 7.09. The molecule has 0 spiro atoms. The van der Waals surface area contributed by atoms with E-state index in [4.69, 9.17) is 0 Å². The van der Waals surface area contributed by atoms with Crippen LogP contribution in [-0.2, 0) is 0 Å². The molecule has 0 N–H and O–H groups in total. The average molecular weight is 202 g/mol. The van der Waals surface area contributed by atoms with Gasteiger partial charge in [-0.15, -0.1) is 0 Å². The van der Waals surface area contributed by atoms with Crippen LogP contribution in [0.5, 0.6) is 0 Å². The molecular weight excluding hydrogens is 184 g/mol. The molecule has 80 valence electrons. The summed E-state index contributed by atoms with van der Waals surface area (Å²) >= 11 is 0. The fourth-order valence-corrected chi connectivity index (χ4v) is 1.95. The second-order valence-electron chi connectivity index (χ2n) is 4.94. The van der Waals surface area contributed by atoms with E-state index < -0.39 is 0 Å². The summed E-state index contributed by atoms with van der Waals surface area (Å²) in [5, 5.41) is 0. The highest BCUT2D eigenvalue weighted by molar-refractivity contribution is 6.02. The Hall–Kier alpha value is -1.31. The largest absolute Gasteiger partial charge is 0.328 e. The van der Waals surface area contributed by atoms with E-state index >= 15 is 0 Å². The van der Waals surface area contributed by atoms with Gasteiger partial charge in [0.2, 0.25) is 0 Å². The minimum Gasteiger partial charge on any atom is -0.328 e. The highest BCUT2D eigenvalue weighted by Crippen LogP contribution is 2.26. The lowest BCUT2D eigenvalue weighted by atomic mass is 9.94. The first-order valence-electron chi connectivity index (χ1n) is 5.46. The van der Waals surface area contributed by atoms with Gasteiger partial charge in [0, 0.05) is 17.6 Å². The van der Waals surface area contributed by atoms with E-state index in [-0.39, 0.29) is 5.41 Å². The number of rotatable bonds is 1. The van der Waals surface area contributed by atoms with Crippen LogP contribution in [0.2, 0.25) is 0 Å². The Morgan fingerprint density at radius 3 is 2.40 bits per heavy atom. The standard InChI is InChI=1S/C13H18N2/c1-13(2,3)12-14-9-10-15(12)11-7-5-4-6-8-11/h4-8H,9-10H2,1-3H3. The van der Waals surface area contributed by atoms with Crippen molar-refractivity contribution in [2.45, 2.75) is 20.8 Å². The minimum absolute atomic E-state index is 0.131. The van der Waals surface area contributed by atoms with Crippen molar-refractivity contribution in [3.05, 3.63) is 30.3 Å². The van der Waals surface area contributed by atoms with Gasteiger partial charge in [-0.05, 0) is 12.1 Å². The molecule has 2 rings (SSSR count). The first kappa shape index (κ1) is 10.2. The zero-order valence-corrected chi connectivity index (χ0v) is 9.70. The Morgan fingerprint density at radius 2 is 1.80 bits per heavy atom. The van der Waals surface area contributed by atoms with Crippen LogP contribution in [0, 0.1) is 5.41 Å². The molecule has 0 bridgehead atoms. The Morgan fingerprint density at radius 1 is 1.13 bits per heavy atom. The van der Waals surface area contributed by atoms with Crippen molar-refractivity contribution in [3.63, 3.8) is 0 Å². The summed E-state index contributed by atoms with van der Waals surface area (Å²) in [5.74, 6) is 1.20. The van der Waals surface area contributed by atoms with E-state index in [1.165, 1.54) is 11.5 Å². The molecule has 0 fully saturated rings. The Labute approximate surface area is 91.6 Å². The predicted octanol–water partition coefficient (Wildman–Crippen LogP) is 2.95. The number of hydrogen-bond donors (Lipinski definition) is 0. The molecule has 1 aromatic rings. The third kappa shape index (κ3) is 2.04. The number of amidine groups is 1. The fourth-order valence-electron chi connectivity index (χ4n) is 1.95. The molecule has 0 radical (unpaired) electrons. The van der Waals surface area contributed by atoms with E-state index in [9.17, 15) is 0 Å². The Kier molecular flexibility index (Phi) is 2.51. The van der Waals surface area contributed by atoms with Crippen LogP contribution in [0.25, 0.3) is 0 Å². The summed E-state index contributed by atoms with van der Waals surface area (Å²) in [7, 11) is 0. The van der Waals surface area contributed by atoms with Crippen LogP contribution in [-0.4, -0.2) is 18.9 Å². The number of hydrogen-bond acceptors (Lipinski definition) is 2. The number of nitrogens with zero attached hydrogens (tertiary/aromatic N) is 2. The van der Waals surface area contributed by atoms with Crippen LogP contribution in [0.4, 0.5) is 5.69 Å². The minimum atomic E-state index is 0.131. The molecule has 1 aliphatic rings. The molecule has 2 nitrogen and oxygen atoms in total. The third-order valence-electron chi connectivity index (χ3n) is 2.58.